The van der Waals surface area contributed by atoms with Crippen molar-refractivity contribution in [2.24, 2.45) is 0 Å². The highest BCUT2D eigenvalue weighted by Crippen LogP contribution is 2.23. The second kappa shape index (κ2) is 8.03. The summed E-state index contributed by atoms with van der Waals surface area (Å²) in [6.45, 7) is 3.05. The monoisotopic (exact) mass is 295 g/mol. The third kappa shape index (κ3) is 5.25. The maximum atomic E-state index is 11.5. The fraction of sp³-hybridized carbons (Fsp3) is 0.538. The van der Waals surface area contributed by atoms with Gasteiger partial charge in [-0.1, -0.05) is 6.92 Å². The molecule has 1 heterocycles. The van der Waals surface area contributed by atoms with Crippen molar-refractivity contribution in [1.29, 1.82) is 0 Å². The largest absolute Gasteiger partial charge is 0.370 e. The van der Waals surface area contributed by atoms with Gasteiger partial charge in [0.25, 0.3) is 0 Å². The maximum absolute atomic E-state index is 11.5. The molecule has 0 spiro atoms. The Morgan fingerprint density at radius 3 is 2.62 bits per heavy atom. The van der Waals surface area contributed by atoms with Crippen LogP contribution in [0.25, 0.3) is 0 Å². The fourth-order valence-electron chi connectivity index (χ4n) is 1.59. The number of rotatable bonds is 8. The van der Waals surface area contributed by atoms with E-state index < -0.39 is 4.92 Å². The van der Waals surface area contributed by atoms with Crippen LogP contribution in [-0.2, 0) is 4.79 Å². The number of carbonyl (C=O) groups excluding carboxylic acids is 1. The van der Waals surface area contributed by atoms with Crippen LogP contribution in [0, 0.1) is 10.1 Å². The van der Waals surface area contributed by atoms with Gasteiger partial charge in [0, 0.05) is 39.7 Å². The molecule has 1 aromatic heterocycles. The number of nitrogens with one attached hydrogen (secondary N) is 2. The third-order valence-electron chi connectivity index (χ3n) is 2.76. The van der Waals surface area contributed by atoms with Crippen molar-refractivity contribution in [3.8, 4) is 0 Å². The molecule has 116 valence electrons. The molecular weight excluding hydrogens is 274 g/mol. The quantitative estimate of drug-likeness (QED) is 0.559. The minimum Gasteiger partial charge on any atom is -0.370 e. The zero-order chi connectivity index (χ0) is 15.8. The number of hydrogen-bond acceptors (Lipinski definition) is 6. The van der Waals surface area contributed by atoms with Crippen LogP contribution in [0.4, 0.5) is 17.3 Å². The van der Waals surface area contributed by atoms with E-state index in [4.69, 9.17) is 0 Å². The second-order valence-electron chi connectivity index (χ2n) is 4.71. The molecule has 21 heavy (non-hydrogen) atoms. The Kier molecular flexibility index (Phi) is 6.38. The molecular formula is C13H21N5O3. The Morgan fingerprint density at radius 1 is 1.33 bits per heavy atom. The van der Waals surface area contributed by atoms with E-state index in [0.29, 0.717) is 12.4 Å². The minimum absolute atomic E-state index is 0.0505. The number of anilines is 2. The lowest BCUT2D eigenvalue weighted by Crippen LogP contribution is -2.24. The molecule has 2 N–H and O–H groups in total. The molecule has 1 aromatic rings. The topological polar surface area (TPSA) is 100 Å². The van der Waals surface area contributed by atoms with Gasteiger partial charge in [0.2, 0.25) is 11.7 Å². The van der Waals surface area contributed by atoms with Crippen LogP contribution >= 0.6 is 0 Å². The van der Waals surface area contributed by atoms with Gasteiger partial charge in [0.15, 0.2) is 0 Å². The number of aromatic nitrogens is 1. The molecule has 0 bridgehead atoms. The van der Waals surface area contributed by atoms with E-state index in [-0.39, 0.29) is 23.8 Å². The van der Waals surface area contributed by atoms with Gasteiger partial charge in [-0.15, -0.1) is 0 Å². The molecule has 0 saturated carbocycles. The maximum Gasteiger partial charge on any atom is 0.311 e. The van der Waals surface area contributed by atoms with Crippen molar-refractivity contribution in [3.05, 3.63) is 22.2 Å². The van der Waals surface area contributed by atoms with Crippen molar-refractivity contribution in [2.45, 2.75) is 19.8 Å². The third-order valence-corrected chi connectivity index (χ3v) is 2.76. The smallest absolute Gasteiger partial charge is 0.311 e. The van der Waals surface area contributed by atoms with Gasteiger partial charge >= 0.3 is 5.69 Å². The summed E-state index contributed by atoms with van der Waals surface area (Å²) in [5.41, 5.74) is -0.102. The predicted octanol–water partition coefficient (Wildman–Crippen LogP) is 1.70. The molecule has 1 amide bonds. The van der Waals surface area contributed by atoms with Gasteiger partial charge in [-0.2, -0.15) is 0 Å². The number of pyridine rings is 1. The summed E-state index contributed by atoms with van der Waals surface area (Å²) >= 11 is 0. The lowest BCUT2D eigenvalue weighted by molar-refractivity contribution is -0.384. The Bertz CT molecular complexity index is 505. The highest BCUT2D eigenvalue weighted by Gasteiger charge is 2.16. The lowest BCUT2D eigenvalue weighted by atomic mass is 10.3. The van der Waals surface area contributed by atoms with Gasteiger partial charge in [-0.3, -0.25) is 14.9 Å². The Labute approximate surface area is 123 Å². The van der Waals surface area contributed by atoms with E-state index >= 15 is 0 Å². The van der Waals surface area contributed by atoms with Crippen LogP contribution in [0.15, 0.2) is 12.1 Å². The normalized spacial score (nSPS) is 10.0. The number of hydrogen-bond donors (Lipinski definition) is 2. The average molecular weight is 295 g/mol. The van der Waals surface area contributed by atoms with Crippen LogP contribution in [0.1, 0.15) is 19.8 Å². The molecule has 0 aliphatic rings. The van der Waals surface area contributed by atoms with Crippen molar-refractivity contribution in [1.82, 2.24) is 9.88 Å². The van der Waals surface area contributed by atoms with E-state index in [0.717, 1.165) is 13.0 Å². The summed E-state index contributed by atoms with van der Waals surface area (Å²) in [5.74, 6) is 0.696. The summed E-state index contributed by atoms with van der Waals surface area (Å²) < 4.78 is 0. The number of nitro groups is 1. The van der Waals surface area contributed by atoms with Gasteiger partial charge in [0.1, 0.15) is 5.82 Å². The first-order chi connectivity index (χ1) is 9.95. The van der Waals surface area contributed by atoms with E-state index in [1.54, 1.807) is 20.2 Å². The van der Waals surface area contributed by atoms with E-state index in [1.165, 1.54) is 11.0 Å². The van der Waals surface area contributed by atoms with Crippen LogP contribution in [0.5, 0.6) is 0 Å². The van der Waals surface area contributed by atoms with E-state index in [2.05, 4.69) is 15.6 Å². The standard InChI is InChI=1S/C13H21N5O3/c1-4-8-14-11-6-5-10(18(20)21)13(16-11)15-9-7-12(19)17(2)3/h5-6H,4,7-9H2,1-3H3,(H2,14,15,16). The number of carbonyl (C=O) groups is 1. The van der Waals surface area contributed by atoms with Gasteiger partial charge in [-0.05, 0) is 12.5 Å². The molecule has 0 atom stereocenters. The summed E-state index contributed by atoms with van der Waals surface area (Å²) in [5, 5.41) is 16.9. The number of nitrogens with zero attached hydrogens (tertiary/aromatic N) is 3. The summed E-state index contributed by atoms with van der Waals surface area (Å²) in [4.78, 5) is 27.6. The highest BCUT2D eigenvalue weighted by atomic mass is 16.6. The molecule has 8 nitrogen and oxygen atoms in total. The fourth-order valence-corrected chi connectivity index (χ4v) is 1.59. The van der Waals surface area contributed by atoms with Crippen molar-refractivity contribution in [3.63, 3.8) is 0 Å². The summed E-state index contributed by atoms with van der Waals surface area (Å²) in [6.07, 6.45) is 1.18. The van der Waals surface area contributed by atoms with Gasteiger partial charge in [-0.25, -0.2) is 4.98 Å². The Morgan fingerprint density at radius 2 is 2.05 bits per heavy atom. The van der Waals surface area contributed by atoms with Crippen LogP contribution < -0.4 is 10.6 Å². The molecule has 8 heteroatoms. The Hall–Kier alpha value is -2.38. The first-order valence-electron chi connectivity index (χ1n) is 6.79. The second-order valence-corrected chi connectivity index (χ2v) is 4.71. The van der Waals surface area contributed by atoms with E-state index in [9.17, 15) is 14.9 Å². The van der Waals surface area contributed by atoms with Crippen LogP contribution in [0.2, 0.25) is 0 Å². The van der Waals surface area contributed by atoms with Gasteiger partial charge < -0.3 is 15.5 Å². The predicted molar refractivity (Wildman–Crippen MR) is 81.5 cm³/mol. The lowest BCUT2D eigenvalue weighted by Gasteiger charge is -2.11. The molecule has 1 rings (SSSR count). The molecule has 0 radical (unpaired) electrons. The minimum atomic E-state index is -0.493. The Balaban J connectivity index is 2.76. The molecule has 0 aliphatic carbocycles. The molecule has 0 fully saturated rings. The molecule has 0 unspecified atom stereocenters. The SMILES string of the molecule is CCCNc1ccc([N+](=O)[O-])c(NCCC(=O)N(C)C)n1. The molecule has 0 aliphatic heterocycles. The van der Waals surface area contributed by atoms with E-state index in [1.807, 2.05) is 6.92 Å². The summed E-state index contributed by atoms with van der Waals surface area (Å²) in [6, 6.07) is 2.98. The van der Waals surface area contributed by atoms with Crippen molar-refractivity contribution < 1.29 is 9.72 Å². The van der Waals surface area contributed by atoms with Gasteiger partial charge in [0.05, 0.1) is 4.92 Å². The first kappa shape index (κ1) is 16.7. The van der Waals surface area contributed by atoms with Crippen LogP contribution in [-0.4, -0.2) is 47.9 Å². The van der Waals surface area contributed by atoms with Crippen molar-refractivity contribution in [2.75, 3.05) is 37.8 Å². The first-order valence-corrected chi connectivity index (χ1v) is 6.79. The zero-order valence-electron chi connectivity index (χ0n) is 12.5. The average Bonchev–Trinajstić information content (AvgIpc) is 2.44. The van der Waals surface area contributed by atoms with Crippen molar-refractivity contribution >= 4 is 23.2 Å². The molecule has 0 aromatic carbocycles. The van der Waals surface area contributed by atoms with Crippen LogP contribution in [0.3, 0.4) is 0 Å². The molecule has 0 saturated heterocycles. The zero-order valence-corrected chi connectivity index (χ0v) is 12.5. The highest BCUT2D eigenvalue weighted by molar-refractivity contribution is 5.76. The number of amides is 1. The summed E-state index contributed by atoms with van der Waals surface area (Å²) in [7, 11) is 3.33.